The van der Waals surface area contributed by atoms with Crippen molar-refractivity contribution in [3.05, 3.63) is 115 Å². The van der Waals surface area contributed by atoms with E-state index in [0.717, 1.165) is 20.1 Å². The molecule has 38 heavy (non-hydrogen) atoms. The summed E-state index contributed by atoms with van der Waals surface area (Å²) in [5, 5.41) is 21.6. The number of carbonyl (C=O) groups is 2. The van der Waals surface area contributed by atoms with Crippen LogP contribution in [0.5, 0.6) is 0 Å². The molecule has 0 unspecified atom stereocenters. The maximum absolute atomic E-state index is 13.6. The minimum atomic E-state index is -0.856. The molecule has 0 aliphatic rings. The molecule has 0 aliphatic carbocycles. The Balaban J connectivity index is 1.72. The monoisotopic (exact) mass is 639 g/mol. The van der Waals surface area contributed by atoms with E-state index in [1.807, 2.05) is 48.5 Å². The number of rotatable bonds is 9. The van der Waals surface area contributed by atoms with Crippen LogP contribution in [-0.2, 0) is 17.8 Å². The van der Waals surface area contributed by atoms with Crippen molar-refractivity contribution < 1.29 is 14.5 Å². The summed E-state index contributed by atoms with van der Waals surface area (Å²) in [6, 6.07) is 21.9. The van der Waals surface area contributed by atoms with E-state index in [1.165, 1.54) is 23.9 Å². The molecule has 4 rings (SSSR count). The van der Waals surface area contributed by atoms with E-state index in [2.05, 4.69) is 47.6 Å². The number of para-hydroxylation sites is 1. The quantitative estimate of drug-likeness (QED) is 0.194. The first-order valence-electron chi connectivity index (χ1n) is 11.6. The highest BCUT2D eigenvalue weighted by Crippen LogP contribution is 2.29. The highest BCUT2D eigenvalue weighted by atomic mass is 79.9. The smallest absolute Gasteiger partial charge is 0.278 e. The predicted molar refractivity (Wildman–Crippen MR) is 151 cm³/mol. The fourth-order valence-electron chi connectivity index (χ4n) is 4.02. The van der Waals surface area contributed by atoms with Crippen LogP contribution in [0.1, 0.15) is 21.6 Å². The molecule has 4 aromatic rings. The van der Waals surface area contributed by atoms with Gasteiger partial charge < -0.3 is 10.6 Å². The van der Waals surface area contributed by atoms with Gasteiger partial charge in [-0.25, -0.2) is 0 Å². The number of benzene rings is 3. The molecule has 0 spiro atoms. The van der Waals surface area contributed by atoms with Gasteiger partial charge in [0.05, 0.1) is 17.0 Å². The third kappa shape index (κ3) is 6.53. The Kier molecular flexibility index (Phi) is 8.70. The maximum Gasteiger partial charge on any atom is 0.278 e. The summed E-state index contributed by atoms with van der Waals surface area (Å²) in [6.45, 7) is 0.235. The van der Waals surface area contributed by atoms with E-state index in [9.17, 15) is 19.7 Å². The molecule has 0 radical (unpaired) electrons. The van der Waals surface area contributed by atoms with E-state index >= 15 is 0 Å². The van der Waals surface area contributed by atoms with E-state index in [4.69, 9.17) is 0 Å². The van der Waals surface area contributed by atoms with Gasteiger partial charge in [0, 0.05) is 28.5 Å². The van der Waals surface area contributed by atoms with Crippen LogP contribution in [0.15, 0.2) is 87.8 Å². The molecule has 2 N–H and O–H groups in total. The van der Waals surface area contributed by atoms with Crippen LogP contribution in [0.4, 0.5) is 5.69 Å². The van der Waals surface area contributed by atoms with Crippen LogP contribution < -0.4 is 10.6 Å². The molecule has 0 bridgehead atoms. The van der Waals surface area contributed by atoms with Gasteiger partial charge in [-0.05, 0) is 47.5 Å². The normalized spacial score (nSPS) is 11.6. The van der Waals surface area contributed by atoms with Gasteiger partial charge >= 0.3 is 0 Å². The molecular formula is C27H23Br2N5O4. The van der Waals surface area contributed by atoms with Crippen LogP contribution in [0, 0.1) is 10.1 Å². The topological polar surface area (TPSA) is 119 Å². The number of aromatic nitrogens is 2. The van der Waals surface area contributed by atoms with Crippen LogP contribution in [0.3, 0.4) is 0 Å². The first-order chi connectivity index (χ1) is 18.2. The Morgan fingerprint density at radius 3 is 2.29 bits per heavy atom. The number of hydrogen-bond acceptors (Lipinski definition) is 5. The minimum Gasteiger partial charge on any atom is -0.357 e. The van der Waals surface area contributed by atoms with Crippen molar-refractivity contribution in [1.29, 1.82) is 0 Å². The zero-order chi connectivity index (χ0) is 27.2. The lowest BCUT2D eigenvalue weighted by atomic mass is 10.0. The zero-order valence-electron chi connectivity index (χ0n) is 20.2. The van der Waals surface area contributed by atoms with Gasteiger partial charge in [-0.1, -0.05) is 68.3 Å². The second kappa shape index (κ2) is 12.1. The van der Waals surface area contributed by atoms with Gasteiger partial charge in [0.25, 0.3) is 11.6 Å². The van der Waals surface area contributed by atoms with Gasteiger partial charge in [-0.15, -0.1) is 0 Å². The molecule has 194 valence electrons. The number of amides is 2. The van der Waals surface area contributed by atoms with Gasteiger partial charge in [0.2, 0.25) is 5.91 Å². The number of hydrogen-bond donors (Lipinski definition) is 2. The molecule has 1 atom stereocenters. The fourth-order valence-corrected chi connectivity index (χ4v) is 4.92. The van der Waals surface area contributed by atoms with Crippen molar-refractivity contribution in [1.82, 2.24) is 20.4 Å². The molecule has 3 aromatic carbocycles. The number of likely N-dealkylation sites (N-methyl/N-ethyl adjacent to an activating group) is 1. The average molecular weight is 641 g/mol. The Bertz CT molecular complexity index is 1500. The third-order valence-corrected chi connectivity index (χ3v) is 6.79. The van der Waals surface area contributed by atoms with Gasteiger partial charge in [-0.2, -0.15) is 5.10 Å². The summed E-state index contributed by atoms with van der Waals surface area (Å²) in [4.78, 5) is 37.4. The fraction of sp³-hybridized carbons (Fsp3) is 0.148. The summed E-state index contributed by atoms with van der Waals surface area (Å²) in [7, 11) is 1.51. The lowest BCUT2D eigenvalue weighted by Gasteiger charge is -2.18. The Labute approximate surface area is 235 Å². The summed E-state index contributed by atoms with van der Waals surface area (Å²) in [6.07, 6.45) is 0.266. The molecule has 9 nitrogen and oxygen atoms in total. The van der Waals surface area contributed by atoms with Crippen LogP contribution in [0.25, 0.3) is 11.3 Å². The van der Waals surface area contributed by atoms with E-state index in [1.54, 1.807) is 18.2 Å². The lowest BCUT2D eigenvalue weighted by molar-refractivity contribution is -0.384. The van der Waals surface area contributed by atoms with Crippen LogP contribution in [0.2, 0.25) is 0 Å². The van der Waals surface area contributed by atoms with Gasteiger partial charge in [-0.3, -0.25) is 24.4 Å². The first-order valence-corrected chi connectivity index (χ1v) is 13.2. The molecule has 11 heteroatoms. The molecule has 0 fully saturated rings. The standard InChI is InChI=1S/C27H23Br2N5O4/c1-30-26(35)23(14-17-6-4-8-19(28)12-17)31-27(36)25-15-22(21-10-2-3-11-24(21)34(37)38)32-33(25)16-18-7-5-9-20(29)13-18/h2-13,15,23H,14,16H2,1H3,(H,30,35)(H,31,36)/t23-/m0/s1. The van der Waals surface area contributed by atoms with Crippen LogP contribution in [-0.4, -0.2) is 39.6 Å². The summed E-state index contributed by atoms with van der Waals surface area (Å²) < 4.78 is 3.21. The van der Waals surface area contributed by atoms with E-state index in [0.29, 0.717) is 0 Å². The number of nitro groups is 1. The van der Waals surface area contributed by atoms with Crippen molar-refractivity contribution in [2.75, 3.05) is 7.05 Å². The predicted octanol–water partition coefficient (Wildman–Crippen LogP) is 5.12. The van der Waals surface area contributed by atoms with Crippen molar-refractivity contribution in [2.45, 2.75) is 19.0 Å². The Morgan fingerprint density at radius 2 is 1.63 bits per heavy atom. The number of carbonyl (C=O) groups excluding carboxylic acids is 2. The number of nitrogens with zero attached hydrogens (tertiary/aromatic N) is 3. The minimum absolute atomic E-state index is 0.121. The second-order valence-corrected chi connectivity index (χ2v) is 10.3. The largest absolute Gasteiger partial charge is 0.357 e. The molecule has 0 saturated carbocycles. The average Bonchev–Trinajstić information content (AvgIpc) is 3.31. The Morgan fingerprint density at radius 1 is 0.974 bits per heavy atom. The second-order valence-electron chi connectivity index (χ2n) is 8.45. The van der Waals surface area contributed by atoms with Gasteiger partial charge in [0.15, 0.2) is 0 Å². The number of halogens is 2. The van der Waals surface area contributed by atoms with Crippen molar-refractivity contribution in [3.63, 3.8) is 0 Å². The Hall–Kier alpha value is -3.83. The summed E-state index contributed by atoms with van der Waals surface area (Å²) in [5.41, 5.74) is 2.34. The van der Waals surface area contributed by atoms with Crippen molar-refractivity contribution in [2.24, 2.45) is 0 Å². The molecule has 0 saturated heterocycles. The van der Waals surface area contributed by atoms with Gasteiger partial charge in [0.1, 0.15) is 17.4 Å². The summed E-state index contributed by atoms with van der Waals surface area (Å²) in [5.74, 6) is -0.878. The van der Waals surface area contributed by atoms with E-state index in [-0.39, 0.29) is 41.5 Å². The highest BCUT2D eigenvalue weighted by Gasteiger charge is 2.26. The zero-order valence-corrected chi connectivity index (χ0v) is 23.4. The molecule has 1 heterocycles. The SMILES string of the molecule is CNC(=O)[C@H](Cc1cccc(Br)c1)NC(=O)c1cc(-c2ccccc2[N+](=O)[O-])nn1Cc1cccc(Br)c1. The van der Waals surface area contributed by atoms with Crippen LogP contribution >= 0.6 is 31.9 Å². The molecule has 2 amide bonds. The third-order valence-electron chi connectivity index (χ3n) is 5.81. The lowest BCUT2D eigenvalue weighted by Crippen LogP contribution is -2.47. The van der Waals surface area contributed by atoms with Crippen molar-refractivity contribution >= 4 is 49.4 Å². The van der Waals surface area contributed by atoms with Crippen molar-refractivity contribution in [3.8, 4) is 11.3 Å². The highest BCUT2D eigenvalue weighted by molar-refractivity contribution is 9.10. The molecular weight excluding hydrogens is 618 g/mol. The number of nitrogens with one attached hydrogen (secondary N) is 2. The maximum atomic E-state index is 13.6. The summed E-state index contributed by atoms with van der Waals surface area (Å²) >= 11 is 6.88. The molecule has 0 aliphatic heterocycles. The molecule has 1 aromatic heterocycles. The first kappa shape index (κ1) is 27.2. The van der Waals surface area contributed by atoms with E-state index < -0.39 is 16.9 Å². The number of nitro benzene ring substituents is 1.